The lowest BCUT2D eigenvalue weighted by atomic mass is 9.32. The molecule has 5 aliphatic carbocycles. The number of esters is 1. The fraction of sp³-hybridized carbons (Fsp3) is 0.867. The Labute approximate surface area is 321 Å². The van der Waals surface area contributed by atoms with Crippen LogP contribution in [0.2, 0.25) is 0 Å². The van der Waals surface area contributed by atoms with Crippen molar-refractivity contribution in [3.05, 3.63) is 12.2 Å². The molecule has 5 saturated carbocycles. The highest BCUT2D eigenvalue weighted by Gasteiger charge is 2.72. The predicted molar refractivity (Wildman–Crippen MR) is 210 cm³/mol. The summed E-state index contributed by atoms with van der Waals surface area (Å²) in [5.41, 5.74) is -0.0264. The molecule has 2 amide bonds. The van der Waals surface area contributed by atoms with E-state index in [0.29, 0.717) is 35.5 Å². The van der Waals surface area contributed by atoms with Crippen molar-refractivity contribution in [3.8, 4) is 0 Å². The van der Waals surface area contributed by atoms with Gasteiger partial charge in [0, 0.05) is 25.4 Å². The van der Waals surface area contributed by atoms with Crippen LogP contribution in [0.3, 0.4) is 0 Å². The van der Waals surface area contributed by atoms with Crippen molar-refractivity contribution in [2.24, 2.45) is 62.1 Å². The zero-order valence-electron chi connectivity index (χ0n) is 34.9. The summed E-state index contributed by atoms with van der Waals surface area (Å²) in [4.78, 5) is 50.4. The smallest absolute Gasteiger partial charge is 0.309 e. The number of fused-ring (bicyclic) bond motifs is 7. The molecule has 300 valence electrons. The molecule has 0 unspecified atom stereocenters. The molecule has 0 saturated heterocycles. The van der Waals surface area contributed by atoms with E-state index in [2.05, 4.69) is 58.8 Å². The molecule has 10 atom stereocenters. The number of carboxylic acids is 1. The highest BCUT2D eigenvalue weighted by molar-refractivity contribution is 5.84. The fourth-order valence-electron chi connectivity index (χ4n) is 13.8. The van der Waals surface area contributed by atoms with Gasteiger partial charge in [0.15, 0.2) is 0 Å². The summed E-state index contributed by atoms with van der Waals surface area (Å²) in [6.45, 7) is 25.3. The van der Waals surface area contributed by atoms with Crippen molar-refractivity contribution in [1.29, 1.82) is 0 Å². The first-order chi connectivity index (χ1) is 24.7. The normalized spacial score (nSPS) is 38.7. The molecule has 0 aromatic rings. The molecule has 0 aromatic heterocycles. The van der Waals surface area contributed by atoms with E-state index >= 15 is 0 Å². The SMILES string of the molecule is C=C(C)[C@@H]1CC[C@]2(C(=O)NCCCCCCCNC(C)=O)CC[C@]3(C)[C@H](CC[C@@H]4[C@@]5(C)CC[C@H](OC(=O)CC(C)(C)C(=O)O)C(C)(C)[C@@H]5CC[C@]43C)[C@@H]12. The third-order valence-electron chi connectivity index (χ3n) is 16.9. The number of carbonyl (C=O) groups is 4. The Morgan fingerprint density at radius 3 is 2.02 bits per heavy atom. The van der Waals surface area contributed by atoms with Crippen LogP contribution in [-0.4, -0.2) is 48.1 Å². The van der Waals surface area contributed by atoms with Crippen molar-refractivity contribution in [1.82, 2.24) is 10.6 Å². The summed E-state index contributed by atoms with van der Waals surface area (Å²) in [6.07, 6.45) is 15.5. The minimum absolute atomic E-state index is 0.0308. The van der Waals surface area contributed by atoms with Crippen molar-refractivity contribution in [3.63, 3.8) is 0 Å². The van der Waals surface area contributed by atoms with Crippen LogP contribution >= 0.6 is 0 Å². The Hall–Kier alpha value is -2.38. The van der Waals surface area contributed by atoms with Crippen LogP contribution in [0.5, 0.6) is 0 Å². The summed E-state index contributed by atoms with van der Waals surface area (Å²) in [6, 6.07) is 0. The van der Waals surface area contributed by atoms with Crippen molar-refractivity contribution in [2.45, 2.75) is 171 Å². The minimum atomic E-state index is -1.15. The second-order valence-electron chi connectivity index (χ2n) is 20.6. The highest BCUT2D eigenvalue weighted by Crippen LogP contribution is 2.77. The number of rotatable bonds is 14. The lowest BCUT2D eigenvalue weighted by molar-refractivity contribution is -0.249. The molecule has 5 fully saturated rings. The Balaban J connectivity index is 1.29. The number of hydrogen-bond acceptors (Lipinski definition) is 5. The molecule has 0 aromatic carbocycles. The van der Waals surface area contributed by atoms with E-state index in [9.17, 15) is 24.3 Å². The summed E-state index contributed by atoms with van der Waals surface area (Å²) >= 11 is 0. The van der Waals surface area contributed by atoms with Crippen LogP contribution in [-0.2, 0) is 23.9 Å². The van der Waals surface area contributed by atoms with E-state index in [1.165, 1.54) is 12.0 Å². The zero-order valence-corrected chi connectivity index (χ0v) is 34.9. The van der Waals surface area contributed by atoms with Crippen LogP contribution < -0.4 is 10.6 Å². The van der Waals surface area contributed by atoms with Gasteiger partial charge in [-0.3, -0.25) is 19.2 Å². The number of carboxylic acid groups (broad SMARTS) is 1. The maximum Gasteiger partial charge on any atom is 0.309 e. The number of nitrogens with one attached hydrogen (secondary N) is 2. The van der Waals surface area contributed by atoms with Gasteiger partial charge < -0.3 is 20.5 Å². The van der Waals surface area contributed by atoms with Crippen LogP contribution in [0.15, 0.2) is 12.2 Å². The Morgan fingerprint density at radius 1 is 0.755 bits per heavy atom. The van der Waals surface area contributed by atoms with Gasteiger partial charge in [0.05, 0.1) is 17.3 Å². The van der Waals surface area contributed by atoms with Gasteiger partial charge in [-0.05, 0) is 144 Å². The molecular weight excluding hydrogens is 665 g/mol. The van der Waals surface area contributed by atoms with E-state index in [0.717, 1.165) is 103 Å². The van der Waals surface area contributed by atoms with Crippen LogP contribution in [0, 0.1) is 62.1 Å². The third kappa shape index (κ3) is 7.36. The summed E-state index contributed by atoms with van der Waals surface area (Å²) in [5, 5.41) is 15.9. The van der Waals surface area contributed by atoms with Crippen molar-refractivity contribution < 1.29 is 29.0 Å². The van der Waals surface area contributed by atoms with E-state index in [1.54, 1.807) is 20.8 Å². The first kappa shape index (κ1) is 41.8. The first-order valence-electron chi connectivity index (χ1n) is 21.3. The van der Waals surface area contributed by atoms with Gasteiger partial charge >= 0.3 is 11.9 Å². The Morgan fingerprint density at radius 2 is 1.40 bits per heavy atom. The molecule has 0 heterocycles. The summed E-state index contributed by atoms with van der Waals surface area (Å²) in [7, 11) is 0. The average Bonchev–Trinajstić information content (AvgIpc) is 3.46. The van der Waals surface area contributed by atoms with Gasteiger partial charge in [-0.25, -0.2) is 0 Å². The number of ether oxygens (including phenoxy) is 1. The average molecular weight is 739 g/mol. The molecule has 5 aliphatic rings. The highest BCUT2D eigenvalue weighted by atomic mass is 16.5. The largest absolute Gasteiger partial charge is 0.481 e. The monoisotopic (exact) mass is 739 g/mol. The summed E-state index contributed by atoms with van der Waals surface area (Å²) in [5.74, 6) is 1.11. The minimum Gasteiger partial charge on any atom is -0.481 e. The van der Waals surface area contributed by atoms with Crippen molar-refractivity contribution >= 4 is 23.8 Å². The molecular formula is C45H74N2O6. The molecule has 3 N–H and O–H groups in total. The summed E-state index contributed by atoms with van der Waals surface area (Å²) < 4.78 is 6.18. The fourth-order valence-corrected chi connectivity index (χ4v) is 13.8. The molecule has 8 heteroatoms. The topological polar surface area (TPSA) is 122 Å². The molecule has 0 bridgehead atoms. The lowest BCUT2D eigenvalue weighted by Crippen LogP contribution is -2.67. The first-order valence-corrected chi connectivity index (χ1v) is 21.3. The quantitative estimate of drug-likeness (QED) is 0.0928. The standard InChI is InChI=1S/C45H74N2O6/c1-29(2)31-18-23-45(38(50)47-27-15-13-11-12-14-26-46-30(3)48)25-24-43(9)32(37(31)45)16-17-34-42(8)21-20-35(53-36(49)28-40(4,5)39(51)52)41(6,7)33(42)19-22-44(34,43)10/h31-35,37H,1,11-28H2,2-10H3,(H,46,48)(H,47,50)(H,51,52)/t31-,32+,33-,34+,35-,37+,42-,43+,44+,45-/m0/s1. The number of aliphatic carboxylic acids is 1. The van der Waals surface area contributed by atoms with E-state index in [-0.39, 0.29) is 45.5 Å². The third-order valence-corrected chi connectivity index (χ3v) is 16.9. The van der Waals surface area contributed by atoms with Crippen LogP contribution in [0.1, 0.15) is 165 Å². The van der Waals surface area contributed by atoms with Crippen LogP contribution in [0.4, 0.5) is 0 Å². The van der Waals surface area contributed by atoms with Gasteiger partial charge in [0.25, 0.3) is 0 Å². The van der Waals surface area contributed by atoms with Crippen molar-refractivity contribution in [2.75, 3.05) is 13.1 Å². The second-order valence-corrected chi connectivity index (χ2v) is 20.6. The maximum absolute atomic E-state index is 14.4. The number of unbranched alkanes of at least 4 members (excludes halogenated alkanes) is 4. The van der Waals surface area contributed by atoms with E-state index < -0.39 is 17.4 Å². The molecule has 0 aliphatic heterocycles. The molecule has 8 nitrogen and oxygen atoms in total. The number of hydrogen-bond donors (Lipinski definition) is 3. The molecule has 0 spiro atoms. The molecule has 5 rings (SSSR count). The molecule has 53 heavy (non-hydrogen) atoms. The van der Waals surface area contributed by atoms with E-state index in [1.807, 2.05) is 0 Å². The van der Waals surface area contributed by atoms with Gasteiger partial charge in [0.1, 0.15) is 6.10 Å². The zero-order chi connectivity index (χ0) is 39.2. The number of amides is 2. The second kappa shape index (κ2) is 15.3. The van der Waals surface area contributed by atoms with Gasteiger partial charge in [-0.15, -0.1) is 0 Å². The van der Waals surface area contributed by atoms with Gasteiger partial charge in [-0.2, -0.15) is 0 Å². The predicted octanol–water partition coefficient (Wildman–Crippen LogP) is 9.26. The van der Waals surface area contributed by atoms with Gasteiger partial charge in [0.2, 0.25) is 11.8 Å². The lowest BCUT2D eigenvalue weighted by Gasteiger charge is -2.72. The Kier molecular flexibility index (Phi) is 12.0. The Bertz CT molecular complexity index is 1420. The van der Waals surface area contributed by atoms with E-state index in [4.69, 9.17) is 4.74 Å². The molecule has 0 radical (unpaired) electrons. The maximum atomic E-state index is 14.4. The number of carbonyl (C=O) groups excluding carboxylic acids is 3. The number of allylic oxidation sites excluding steroid dienone is 1. The van der Waals surface area contributed by atoms with Crippen LogP contribution in [0.25, 0.3) is 0 Å². The van der Waals surface area contributed by atoms with Gasteiger partial charge in [-0.1, -0.05) is 66.0 Å².